The van der Waals surface area contributed by atoms with Gasteiger partial charge in [-0.2, -0.15) is 5.10 Å². The Morgan fingerprint density at radius 2 is 1.94 bits per heavy atom. The predicted octanol–water partition coefficient (Wildman–Crippen LogP) is 2.39. The summed E-state index contributed by atoms with van der Waals surface area (Å²) in [6, 6.07) is 6.11. The molecule has 0 amide bonds. The van der Waals surface area contributed by atoms with E-state index in [2.05, 4.69) is 43.9 Å². The maximum atomic E-state index is 15.0. The second kappa shape index (κ2) is 8.96. The van der Waals surface area contributed by atoms with E-state index in [0.29, 0.717) is 37.9 Å². The number of ether oxygens (including phenoxy) is 1. The number of benzene rings is 1. The molecular weight excluding hydrogens is 423 g/mol. The molecule has 2 aliphatic rings. The number of anilines is 1. The van der Waals surface area contributed by atoms with Gasteiger partial charge in [0.2, 0.25) is 0 Å². The maximum absolute atomic E-state index is 15.0. The first-order chi connectivity index (χ1) is 15.9. The molecule has 2 unspecified atom stereocenters. The van der Waals surface area contributed by atoms with Crippen molar-refractivity contribution in [2.24, 2.45) is 0 Å². The Morgan fingerprint density at radius 1 is 1.12 bits per heavy atom. The molecule has 2 aliphatic heterocycles. The molecule has 176 valence electrons. The van der Waals surface area contributed by atoms with Gasteiger partial charge in [-0.05, 0) is 57.1 Å². The molecule has 0 bridgehead atoms. The minimum absolute atomic E-state index is 0.0220. The third-order valence-electron chi connectivity index (χ3n) is 6.79. The van der Waals surface area contributed by atoms with Crippen LogP contribution in [0.15, 0.2) is 24.4 Å². The third kappa shape index (κ3) is 4.32. The number of nitrogens with zero attached hydrogens (tertiary/aromatic N) is 6. The normalized spacial score (nSPS) is 24.5. The Hall–Kier alpha value is -2.62. The van der Waals surface area contributed by atoms with Gasteiger partial charge in [0.05, 0.1) is 31.0 Å². The lowest BCUT2D eigenvalue weighted by Crippen LogP contribution is -2.44. The van der Waals surface area contributed by atoms with Crippen LogP contribution in [0.1, 0.15) is 29.3 Å². The van der Waals surface area contributed by atoms with Crippen molar-refractivity contribution in [3.05, 3.63) is 41.3 Å². The van der Waals surface area contributed by atoms with Crippen LogP contribution in [0.3, 0.4) is 0 Å². The summed E-state index contributed by atoms with van der Waals surface area (Å²) in [5.74, 6) is 1.99. The van der Waals surface area contributed by atoms with Crippen molar-refractivity contribution in [2.45, 2.75) is 38.5 Å². The highest BCUT2D eigenvalue weighted by Crippen LogP contribution is 2.35. The number of hydrogen-bond acceptors (Lipinski definition) is 7. The molecule has 1 N–H and O–H groups in total. The van der Waals surface area contributed by atoms with Crippen LogP contribution >= 0.6 is 0 Å². The van der Waals surface area contributed by atoms with E-state index in [0.717, 1.165) is 40.8 Å². The summed E-state index contributed by atoms with van der Waals surface area (Å²) in [4.78, 5) is 13.4. The minimum atomic E-state index is -0.884. The molecule has 3 aromatic rings. The summed E-state index contributed by atoms with van der Waals surface area (Å²) in [7, 11) is 1.97. The molecule has 8 nitrogen and oxygen atoms in total. The zero-order valence-corrected chi connectivity index (χ0v) is 19.4. The van der Waals surface area contributed by atoms with Gasteiger partial charge in [-0.1, -0.05) is 0 Å². The molecule has 2 saturated heterocycles. The molecule has 33 heavy (non-hydrogen) atoms. The van der Waals surface area contributed by atoms with Crippen molar-refractivity contribution in [1.82, 2.24) is 24.6 Å². The standard InChI is InChI=1S/C24H31FN6O2/c1-15-8-17-11-26-31(22(17)9-20(15)19-4-5-29(3)13-21(19)25)24-10-23(27-16(2)28-24)30-6-7-33-18(12-30)14-32/h8-11,18-19,21,32H,4-7,12-14H2,1-3H3/t18-,19?,21?/m0/s1. The summed E-state index contributed by atoms with van der Waals surface area (Å²) in [6.45, 7) is 7.07. The number of likely N-dealkylation sites (tertiary alicyclic amines) is 1. The second-order valence-electron chi connectivity index (χ2n) is 9.25. The minimum Gasteiger partial charge on any atom is -0.394 e. The molecule has 2 aromatic heterocycles. The lowest BCUT2D eigenvalue weighted by atomic mass is 9.85. The van der Waals surface area contributed by atoms with Crippen LogP contribution < -0.4 is 4.90 Å². The summed E-state index contributed by atoms with van der Waals surface area (Å²) in [5.41, 5.74) is 3.07. The average molecular weight is 455 g/mol. The molecule has 0 spiro atoms. The van der Waals surface area contributed by atoms with E-state index in [4.69, 9.17) is 4.74 Å². The van der Waals surface area contributed by atoms with Crippen molar-refractivity contribution >= 4 is 16.7 Å². The number of halogens is 1. The Morgan fingerprint density at radius 3 is 2.73 bits per heavy atom. The molecule has 1 aromatic carbocycles. The van der Waals surface area contributed by atoms with Crippen LogP contribution in [0.25, 0.3) is 16.7 Å². The largest absolute Gasteiger partial charge is 0.394 e. The Bertz CT molecular complexity index is 1150. The van der Waals surface area contributed by atoms with Gasteiger partial charge in [-0.3, -0.25) is 0 Å². The zero-order valence-electron chi connectivity index (χ0n) is 19.4. The topological polar surface area (TPSA) is 79.5 Å². The Labute approximate surface area is 193 Å². The quantitative estimate of drug-likeness (QED) is 0.648. The van der Waals surface area contributed by atoms with E-state index in [1.807, 2.05) is 30.9 Å². The number of aliphatic hydroxyl groups is 1. The molecule has 2 fully saturated rings. The van der Waals surface area contributed by atoms with Crippen LogP contribution in [-0.2, 0) is 4.74 Å². The van der Waals surface area contributed by atoms with Crippen molar-refractivity contribution in [2.75, 3.05) is 51.3 Å². The Kier molecular flexibility index (Phi) is 6.03. The number of rotatable bonds is 4. The van der Waals surface area contributed by atoms with Crippen molar-refractivity contribution in [1.29, 1.82) is 0 Å². The predicted molar refractivity (Wildman–Crippen MR) is 125 cm³/mol. The fourth-order valence-corrected chi connectivity index (χ4v) is 5.04. The van der Waals surface area contributed by atoms with Gasteiger partial charge < -0.3 is 19.6 Å². The van der Waals surface area contributed by atoms with Crippen molar-refractivity contribution in [3.63, 3.8) is 0 Å². The first-order valence-corrected chi connectivity index (χ1v) is 11.6. The van der Waals surface area contributed by atoms with E-state index in [1.165, 1.54) is 0 Å². The monoisotopic (exact) mass is 454 g/mol. The fourth-order valence-electron chi connectivity index (χ4n) is 5.04. The number of hydrogen-bond donors (Lipinski definition) is 1. The van der Waals surface area contributed by atoms with Gasteiger partial charge in [-0.25, -0.2) is 19.0 Å². The van der Waals surface area contributed by atoms with Crippen LogP contribution in [-0.4, -0.2) is 88.5 Å². The van der Waals surface area contributed by atoms with E-state index in [9.17, 15) is 9.50 Å². The van der Waals surface area contributed by atoms with Gasteiger partial charge in [0.15, 0.2) is 5.82 Å². The SMILES string of the molecule is Cc1nc(N2CCO[C@H](CO)C2)cc(-n2ncc3cc(C)c(C4CCN(C)CC4F)cc32)n1. The molecular formula is C24H31FN6O2. The summed E-state index contributed by atoms with van der Waals surface area (Å²) >= 11 is 0. The second-order valence-corrected chi connectivity index (χ2v) is 9.25. The zero-order chi connectivity index (χ0) is 23.1. The first kappa shape index (κ1) is 22.2. The molecule has 0 radical (unpaired) electrons. The smallest absolute Gasteiger partial charge is 0.159 e. The van der Waals surface area contributed by atoms with Crippen LogP contribution in [0.5, 0.6) is 0 Å². The van der Waals surface area contributed by atoms with Gasteiger partial charge >= 0.3 is 0 Å². The Balaban J connectivity index is 1.53. The highest BCUT2D eigenvalue weighted by atomic mass is 19.1. The molecule has 0 aliphatic carbocycles. The lowest BCUT2D eigenvalue weighted by Gasteiger charge is -2.33. The highest BCUT2D eigenvalue weighted by Gasteiger charge is 2.30. The van der Waals surface area contributed by atoms with E-state index in [-0.39, 0.29) is 18.6 Å². The van der Waals surface area contributed by atoms with Crippen molar-refractivity contribution < 1.29 is 14.2 Å². The molecule has 0 saturated carbocycles. The van der Waals surface area contributed by atoms with Gasteiger partial charge in [0.1, 0.15) is 17.8 Å². The molecule has 3 atom stereocenters. The highest BCUT2D eigenvalue weighted by molar-refractivity contribution is 5.82. The first-order valence-electron chi connectivity index (χ1n) is 11.6. The number of aliphatic hydroxyl groups excluding tert-OH is 1. The van der Waals surface area contributed by atoms with Gasteiger partial charge in [-0.15, -0.1) is 0 Å². The summed E-state index contributed by atoms with van der Waals surface area (Å²) < 4.78 is 22.4. The number of aryl methyl sites for hydroxylation is 2. The fraction of sp³-hybridized carbons (Fsp3) is 0.542. The molecule has 9 heteroatoms. The van der Waals surface area contributed by atoms with Crippen LogP contribution in [0, 0.1) is 13.8 Å². The van der Waals surface area contributed by atoms with Gasteiger partial charge in [0, 0.05) is 37.0 Å². The van der Waals surface area contributed by atoms with E-state index in [1.54, 1.807) is 0 Å². The number of fused-ring (bicyclic) bond motifs is 1. The van der Waals surface area contributed by atoms with Gasteiger partial charge in [0.25, 0.3) is 0 Å². The third-order valence-corrected chi connectivity index (χ3v) is 6.79. The van der Waals surface area contributed by atoms with Crippen molar-refractivity contribution in [3.8, 4) is 5.82 Å². The van der Waals surface area contributed by atoms with E-state index < -0.39 is 6.17 Å². The summed E-state index contributed by atoms with van der Waals surface area (Å²) in [6.07, 6.45) is 1.53. The summed E-state index contributed by atoms with van der Waals surface area (Å²) in [5, 5.41) is 15.1. The van der Waals surface area contributed by atoms with E-state index >= 15 is 0 Å². The number of morpholine rings is 1. The number of alkyl halides is 1. The number of aromatic nitrogens is 4. The van der Waals surface area contributed by atoms with Crippen LogP contribution in [0.4, 0.5) is 10.2 Å². The molecule has 5 rings (SSSR count). The maximum Gasteiger partial charge on any atom is 0.159 e. The molecule has 4 heterocycles. The van der Waals surface area contributed by atoms with Crippen LogP contribution in [0.2, 0.25) is 0 Å². The average Bonchev–Trinajstić information content (AvgIpc) is 3.21. The lowest BCUT2D eigenvalue weighted by molar-refractivity contribution is 0.00335. The number of piperidine rings is 1.